The molecule has 25 heavy (non-hydrogen) atoms. The number of hydrogen-bond donors (Lipinski definition) is 2. The van der Waals surface area contributed by atoms with Gasteiger partial charge in [-0.15, -0.1) is 0 Å². The number of aromatic nitrogens is 1. The van der Waals surface area contributed by atoms with E-state index >= 15 is 0 Å². The number of hydrogen-bond acceptors (Lipinski definition) is 2. The SMILES string of the molecule is Cn1c(-c2cccc(F)c2)cc2ccc(Nc3ccc(O)cc3)cc21. The molecule has 124 valence electrons. The van der Waals surface area contributed by atoms with Gasteiger partial charge in [-0.05, 0) is 54.6 Å². The van der Waals surface area contributed by atoms with E-state index in [0.29, 0.717) is 0 Å². The van der Waals surface area contributed by atoms with Crippen LogP contribution in [0.3, 0.4) is 0 Å². The zero-order valence-electron chi connectivity index (χ0n) is 13.7. The molecule has 0 aliphatic rings. The third-order valence-corrected chi connectivity index (χ3v) is 4.32. The molecule has 0 spiro atoms. The highest BCUT2D eigenvalue weighted by atomic mass is 19.1. The van der Waals surface area contributed by atoms with Gasteiger partial charge >= 0.3 is 0 Å². The second-order valence-electron chi connectivity index (χ2n) is 6.04. The van der Waals surface area contributed by atoms with Gasteiger partial charge in [0.05, 0.1) is 5.52 Å². The molecule has 2 N–H and O–H groups in total. The molecule has 1 heterocycles. The molecule has 0 aliphatic heterocycles. The fraction of sp³-hybridized carbons (Fsp3) is 0.0476. The number of rotatable bonds is 3. The van der Waals surface area contributed by atoms with E-state index in [1.807, 2.05) is 37.4 Å². The van der Waals surface area contributed by atoms with E-state index in [1.54, 1.807) is 24.3 Å². The molecular formula is C21H17FN2O. The second kappa shape index (κ2) is 5.98. The van der Waals surface area contributed by atoms with Crippen LogP contribution >= 0.6 is 0 Å². The highest BCUT2D eigenvalue weighted by Crippen LogP contribution is 2.30. The van der Waals surface area contributed by atoms with Crippen LogP contribution in [0.2, 0.25) is 0 Å². The first kappa shape index (κ1) is 15.3. The fourth-order valence-corrected chi connectivity index (χ4v) is 3.04. The van der Waals surface area contributed by atoms with Crippen LogP contribution in [-0.2, 0) is 7.05 Å². The molecule has 0 bridgehead atoms. The van der Waals surface area contributed by atoms with Crippen LogP contribution in [0.1, 0.15) is 0 Å². The smallest absolute Gasteiger partial charge is 0.123 e. The summed E-state index contributed by atoms with van der Waals surface area (Å²) in [7, 11) is 1.98. The third kappa shape index (κ3) is 2.94. The van der Waals surface area contributed by atoms with E-state index in [-0.39, 0.29) is 11.6 Å². The molecule has 4 heteroatoms. The van der Waals surface area contributed by atoms with Gasteiger partial charge in [-0.3, -0.25) is 0 Å². The molecule has 4 rings (SSSR count). The van der Waals surface area contributed by atoms with Gasteiger partial charge in [-0.1, -0.05) is 18.2 Å². The van der Waals surface area contributed by atoms with Crippen LogP contribution < -0.4 is 5.32 Å². The number of aromatic hydroxyl groups is 1. The first-order chi connectivity index (χ1) is 12.1. The Morgan fingerprint density at radius 1 is 0.880 bits per heavy atom. The molecular weight excluding hydrogens is 315 g/mol. The third-order valence-electron chi connectivity index (χ3n) is 4.32. The maximum atomic E-state index is 13.5. The summed E-state index contributed by atoms with van der Waals surface area (Å²) in [5.74, 6) is 0.000568. The van der Waals surface area contributed by atoms with Crippen molar-refractivity contribution in [1.82, 2.24) is 4.57 Å². The molecule has 0 saturated heterocycles. The van der Waals surface area contributed by atoms with Crippen LogP contribution in [0, 0.1) is 5.82 Å². The Morgan fingerprint density at radius 3 is 2.40 bits per heavy atom. The maximum Gasteiger partial charge on any atom is 0.123 e. The number of benzene rings is 3. The first-order valence-electron chi connectivity index (χ1n) is 8.02. The lowest BCUT2D eigenvalue weighted by molar-refractivity contribution is 0.475. The van der Waals surface area contributed by atoms with E-state index in [2.05, 4.69) is 22.0 Å². The molecule has 0 atom stereocenters. The molecule has 0 fully saturated rings. The maximum absolute atomic E-state index is 13.5. The van der Waals surface area contributed by atoms with Gasteiger partial charge < -0.3 is 15.0 Å². The standard InChI is InChI=1S/C21H17FN2O/c1-24-20(14-3-2-4-16(22)11-14)12-15-5-6-18(13-21(15)24)23-17-7-9-19(25)10-8-17/h2-13,23,25H,1H3. The van der Waals surface area contributed by atoms with Crippen molar-refractivity contribution in [3.05, 3.63) is 78.6 Å². The number of fused-ring (bicyclic) bond motifs is 1. The van der Waals surface area contributed by atoms with Crippen LogP contribution in [0.15, 0.2) is 72.8 Å². The zero-order valence-corrected chi connectivity index (χ0v) is 13.7. The summed E-state index contributed by atoms with van der Waals surface area (Å²) in [5.41, 5.74) is 4.73. The van der Waals surface area contributed by atoms with E-state index in [0.717, 1.165) is 33.5 Å². The Morgan fingerprint density at radius 2 is 1.64 bits per heavy atom. The van der Waals surface area contributed by atoms with Crippen molar-refractivity contribution >= 4 is 22.3 Å². The average Bonchev–Trinajstić information content (AvgIpc) is 2.94. The lowest BCUT2D eigenvalue weighted by Gasteiger charge is -2.08. The summed E-state index contributed by atoms with van der Waals surface area (Å²) in [4.78, 5) is 0. The predicted octanol–water partition coefficient (Wildman–Crippen LogP) is 5.43. The van der Waals surface area contributed by atoms with Gasteiger partial charge in [-0.25, -0.2) is 4.39 Å². The molecule has 0 aliphatic carbocycles. The fourth-order valence-electron chi connectivity index (χ4n) is 3.04. The number of phenolic OH excluding ortho intramolecular Hbond substituents is 1. The monoisotopic (exact) mass is 332 g/mol. The van der Waals surface area contributed by atoms with Gasteiger partial charge in [0, 0.05) is 35.1 Å². The van der Waals surface area contributed by atoms with Crippen molar-refractivity contribution < 1.29 is 9.50 Å². The molecule has 1 aromatic heterocycles. The quantitative estimate of drug-likeness (QED) is 0.491. The van der Waals surface area contributed by atoms with Gasteiger partial charge in [-0.2, -0.15) is 0 Å². The lowest BCUT2D eigenvalue weighted by atomic mass is 10.1. The Balaban J connectivity index is 1.73. The van der Waals surface area contributed by atoms with Crippen LogP contribution in [0.25, 0.3) is 22.2 Å². The van der Waals surface area contributed by atoms with Crippen molar-refractivity contribution in [2.75, 3.05) is 5.32 Å². The molecule has 3 aromatic carbocycles. The molecule has 0 unspecified atom stereocenters. The highest BCUT2D eigenvalue weighted by Gasteiger charge is 2.09. The molecule has 3 nitrogen and oxygen atoms in total. The van der Waals surface area contributed by atoms with Crippen molar-refractivity contribution in [2.45, 2.75) is 0 Å². The number of nitrogens with zero attached hydrogens (tertiary/aromatic N) is 1. The Hall–Kier alpha value is -3.27. The molecule has 0 radical (unpaired) electrons. The first-order valence-corrected chi connectivity index (χ1v) is 8.02. The average molecular weight is 332 g/mol. The summed E-state index contributed by atoms with van der Waals surface area (Å²) in [6.07, 6.45) is 0. The van der Waals surface area contributed by atoms with Crippen molar-refractivity contribution in [3.63, 3.8) is 0 Å². The van der Waals surface area contributed by atoms with E-state index in [1.165, 1.54) is 6.07 Å². The Labute approximate surface area is 145 Å². The summed E-state index contributed by atoms with van der Waals surface area (Å²) in [5, 5.41) is 13.8. The van der Waals surface area contributed by atoms with E-state index in [9.17, 15) is 9.50 Å². The van der Waals surface area contributed by atoms with Crippen LogP contribution in [-0.4, -0.2) is 9.67 Å². The largest absolute Gasteiger partial charge is 0.508 e. The van der Waals surface area contributed by atoms with Crippen molar-refractivity contribution in [3.8, 4) is 17.0 Å². The topological polar surface area (TPSA) is 37.2 Å². The molecule has 0 saturated carbocycles. The van der Waals surface area contributed by atoms with Crippen molar-refractivity contribution in [1.29, 1.82) is 0 Å². The Kier molecular flexibility index (Phi) is 3.65. The van der Waals surface area contributed by atoms with Crippen molar-refractivity contribution in [2.24, 2.45) is 7.05 Å². The normalized spacial score (nSPS) is 11.0. The van der Waals surface area contributed by atoms with Gasteiger partial charge in [0.25, 0.3) is 0 Å². The van der Waals surface area contributed by atoms with Gasteiger partial charge in [0.2, 0.25) is 0 Å². The number of phenols is 1. The molecule has 4 aromatic rings. The zero-order chi connectivity index (χ0) is 17.4. The summed E-state index contributed by atoms with van der Waals surface area (Å²) >= 11 is 0. The van der Waals surface area contributed by atoms with Gasteiger partial charge in [0.1, 0.15) is 11.6 Å². The second-order valence-corrected chi connectivity index (χ2v) is 6.04. The predicted molar refractivity (Wildman–Crippen MR) is 99.7 cm³/mol. The van der Waals surface area contributed by atoms with Crippen LogP contribution in [0.5, 0.6) is 5.75 Å². The van der Waals surface area contributed by atoms with Crippen LogP contribution in [0.4, 0.5) is 15.8 Å². The number of aryl methyl sites for hydroxylation is 1. The highest BCUT2D eigenvalue weighted by molar-refractivity contribution is 5.89. The number of nitrogens with one attached hydrogen (secondary N) is 1. The summed E-state index contributed by atoms with van der Waals surface area (Å²) in [6, 6.07) is 21.7. The Bertz CT molecular complexity index is 1050. The van der Waals surface area contributed by atoms with Gasteiger partial charge in [0.15, 0.2) is 0 Å². The van der Waals surface area contributed by atoms with E-state index in [4.69, 9.17) is 0 Å². The summed E-state index contributed by atoms with van der Waals surface area (Å²) < 4.78 is 15.6. The number of anilines is 2. The minimum atomic E-state index is -0.238. The summed E-state index contributed by atoms with van der Waals surface area (Å²) in [6.45, 7) is 0. The number of halogens is 1. The molecule has 0 amide bonds. The minimum absolute atomic E-state index is 0.238. The van der Waals surface area contributed by atoms with E-state index < -0.39 is 0 Å². The lowest BCUT2D eigenvalue weighted by Crippen LogP contribution is -1.93. The minimum Gasteiger partial charge on any atom is -0.508 e.